The first kappa shape index (κ1) is 26.3. The van der Waals surface area contributed by atoms with E-state index in [0.29, 0.717) is 19.4 Å². The summed E-state index contributed by atoms with van der Waals surface area (Å²) in [6.45, 7) is 7.93. The monoisotopic (exact) mass is 503 g/mol. The molecule has 198 valence electrons. The zero-order valence-corrected chi connectivity index (χ0v) is 21.4. The molecule has 3 amide bonds. The third kappa shape index (κ3) is 4.56. The van der Waals surface area contributed by atoms with Crippen molar-refractivity contribution in [2.24, 2.45) is 11.8 Å². The van der Waals surface area contributed by atoms with Crippen molar-refractivity contribution in [2.45, 2.75) is 76.3 Å². The van der Waals surface area contributed by atoms with Gasteiger partial charge in [-0.05, 0) is 40.5 Å². The molecule has 2 fully saturated rings. The first-order valence-corrected chi connectivity index (χ1v) is 12.7. The van der Waals surface area contributed by atoms with Crippen molar-refractivity contribution in [2.75, 3.05) is 26.2 Å². The van der Waals surface area contributed by atoms with Gasteiger partial charge in [-0.1, -0.05) is 24.3 Å². The Hall–Kier alpha value is -2.72. The van der Waals surface area contributed by atoms with Crippen LogP contribution in [0.25, 0.3) is 0 Å². The van der Waals surface area contributed by atoms with E-state index in [1.807, 2.05) is 32.9 Å². The summed E-state index contributed by atoms with van der Waals surface area (Å²) in [5, 5.41) is 12.3. The van der Waals surface area contributed by atoms with Crippen LogP contribution in [0.15, 0.2) is 24.3 Å². The number of aliphatic hydroxyl groups is 1. The predicted octanol–water partition coefficient (Wildman–Crippen LogP) is 0.544. The standard InChI is InChI=1S/C26H37N3O7/c1-16-15-27-18(31)9-6-5-7-13-29(25(2,3)4)23(33)21-26-11-10-17(36-26)19(24(34)35-16)20(26)22(32)28(21)12-8-14-30/h5,7,10-11,16-17,19-21,30H,6,8-9,12-15H2,1-4H3,(H,27,31)/b7-5-/t16-,17+,19-,20-,21+,26-/m0/s1. The molecule has 0 aromatic carbocycles. The highest BCUT2D eigenvalue weighted by Crippen LogP contribution is 2.55. The van der Waals surface area contributed by atoms with Crippen LogP contribution in [0, 0.1) is 11.8 Å². The SMILES string of the molecule is C[C@H]1CNC(=O)CC/C=C\CN(C(C)(C)C)C(=O)[C@H]2N(CCCO)C(=O)[C@@H]3[C@@H](C(=O)O1)[C@H]1C=C[C@]32O1. The van der Waals surface area contributed by atoms with E-state index in [9.17, 15) is 24.3 Å². The maximum absolute atomic E-state index is 14.2. The van der Waals surface area contributed by atoms with Crippen LogP contribution in [-0.4, -0.2) is 94.2 Å². The molecule has 0 aromatic heterocycles. The van der Waals surface area contributed by atoms with Crippen LogP contribution < -0.4 is 5.32 Å². The van der Waals surface area contributed by atoms with Gasteiger partial charge in [-0.25, -0.2) is 0 Å². The summed E-state index contributed by atoms with van der Waals surface area (Å²) < 4.78 is 12.0. The van der Waals surface area contributed by atoms with Crippen LogP contribution in [0.2, 0.25) is 0 Å². The average molecular weight is 504 g/mol. The number of cyclic esters (lactones) is 1. The van der Waals surface area contributed by atoms with E-state index in [1.165, 1.54) is 4.90 Å². The van der Waals surface area contributed by atoms with Gasteiger partial charge in [0.25, 0.3) is 0 Å². The Labute approximate surface area is 211 Å². The maximum atomic E-state index is 14.2. The lowest BCUT2D eigenvalue weighted by molar-refractivity contribution is -0.158. The number of nitrogens with zero attached hydrogens (tertiary/aromatic N) is 2. The number of allylic oxidation sites excluding steroid dienone is 1. The van der Waals surface area contributed by atoms with Gasteiger partial charge in [0.2, 0.25) is 17.7 Å². The van der Waals surface area contributed by atoms with Gasteiger partial charge in [0.15, 0.2) is 0 Å². The van der Waals surface area contributed by atoms with Crippen molar-refractivity contribution in [1.29, 1.82) is 0 Å². The molecule has 4 heterocycles. The zero-order chi connectivity index (χ0) is 26.3. The van der Waals surface area contributed by atoms with Crippen LogP contribution >= 0.6 is 0 Å². The Morgan fingerprint density at radius 2 is 1.92 bits per heavy atom. The number of aliphatic hydroxyl groups excluding tert-OH is 1. The lowest BCUT2D eigenvalue weighted by Gasteiger charge is -2.41. The predicted molar refractivity (Wildman–Crippen MR) is 129 cm³/mol. The molecule has 2 saturated heterocycles. The molecule has 10 nitrogen and oxygen atoms in total. The lowest BCUT2D eigenvalue weighted by Crippen LogP contribution is -2.59. The summed E-state index contributed by atoms with van der Waals surface area (Å²) >= 11 is 0. The molecule has 1 spiro atoms. The van der Waals surface area contributed by atoms with E-state index in [0.717, 1.165) is 0 Å². The largest absolute Gasteiger partial charge is 0.460 e. The average Bonchev–Trinajstić information content (AvgIpc) is 3.44. The molecule has 0 aliphatic carbocycles. The maximum Gasteiger partial charge on any atom is 0.313 e. The molecule has 36 heavy (non-hydrogen) atoms. The van der Waals surface area contributed by atoms with Crippen molar-refractivity contribution in [3.63, 3.8) is 0 Å². The molecule has 4 aliphatic rings. The number of ether oxygens (including phenoxy) is 2. The summed E-state index contributed by atoms with van der Waals surface area (Å²) in [5.41, 5.74) is -1.85. The molecular weight excluding hydrogens is 466 g/mol. The first-order chi connectivity index (χ1) is 17.0. The smallest absolute Gasteiger partial charge is 0.313 e. The second-order valence-electron chi connectivity index (χ2n) is 11.0. The Bertz CT molecular complexity index is 971. The molecule has 0 unspecified atom stereocenters. The van der Waals surface area contributed by atoms with E-state index < -0.39 is 47.2 Å². The highest BCUT2D eigenvalue weighted by Gasteiger charge is 2.73. The van der Waals surface area contributed by atoms with Gasteiger partial charge in [0, 0.05) is 31.7 Å². The minimum Gasteiger partial charge on any atom is -0.460 e. The van der Waals surface area contributed by atoms with Crippen LogP contribution in [-0.2, 0) is 28.7 Å². The number of carbonyl (C=O) groups is 4. The van der Waals surface area contributed by atoms with Crippen LogP contribution in [0.4, 0.5) is 0 Å². The fraction of sp³-hybridized carbons (Fsp3) is 0.692. The topological polar surface area (TPSA) is 125 Å². The molecule has 5 bridgehead atoms. The fourth-order valence-corrected chi connectivity index (χ4v) is 5.72. The van der Waals surface area contributed by atoms with E-state index in [2.05, 4.69) is 5.32 Å². The molecule has 0 saturated carbocycles. The third-order valence-electron chi connectivity index (χ3n) is 7.41. The van der Waals surface area contributed by atoms with E-state index in [4.69, 9.17) is 9.47 Å². The normalized spacial score (nSPS) is 36.2. The molecular formula is C26H37N3O7. The van der Waals surface area contributed by atoms with E-state index >= 15 is 0 Å². The van der Waals surface area contributed by atoms with Crippen LogP contribution in [0.5, 0.6) is 0 Å². The van der Waals surface area contributed by atoms with E-state index in [1.54, 1.807) is 24.0 Å². The van der Waals surface area contributed by atoms with Crippen LogP contribution in [0.3, 0.4) is 0 Å². The molecule has 4 rings (SSSR count). The summed E-state index contributed by atoms with van der Waals surface area (Å²) in [7, 11) is 0. The fourth-order valence-electron chi connectivity index (χ4n) is 5.72. The molecule has 10 heteroatoms. The molecule has 2 N–H and O–H groups in total. The second-order valence-corrected chi connectivity index (χ2v) is 11.0. The minimum absolute atomic E-state index is 0.137. The van der Waals surface area contributed by atoms with Gasteiger partial charge >= 0.3 is 5.97 Å². The van der Waals surface area contributed by atoms with Gasteiger partial charge in [0.05, 0.1) is 18.6 Å². The number of fused-ring (bicyclic) bond motifs is 2. The lowest BCUT2D eigenvalue weighted by atomic mass is 9.74. The number of carbonyl (C=O) groups excluding carboxylic acids is 4. The minimum atomic E-state index is -1.28. The third-order valence-corrected chi connectivity index (χ3v) is 7.41. The van der Waals surface area contributed by atoms with Gasteiger partial charge in [-0.3, -0.25) is 19.2 Å². The summed E-state index contributed by atoms with van der Waals surface area (Å²) in [4.78, 5) is 56.6. The summed E-state index contributed by atoms with van der Waals surface area (Å²) in [6, 6.07) is -0.968. The van der Waals surface area contributed by atoms with Gasteiger partial charge < -0.3 is 29.7 Å². The van der Waals surface area contributed by atoms with Crippen molar-refractivity contribution >= 4 is 23.7 Å². The number of rotatable bonds is 3. The number of esters is 1. The second kappa shape index (κ2) is 9.97. The number of nitrogens with one attached hydrogen (secondary N) is 1. The molecule has 6 atom stereocenters. The Morgan fingerprint density at radius 3 is 2.61 bits per heavy atom. The highest BCUT2D eigenvalue weighted by atomic mass is 16.6. The van der Waals surface area contributed by atoms with Crippen molar-refractivity contribution in [3.05, 3.63) is 24.3 Å². The van der Waals surface area contributed by atoms with Crippen LogP contribution in [0.1, 0.15) is 47.0 Å². The van der Waals surface area contributed by atoms with Gasteiger partial charge in [0.1, 0.15) is 23.7 Å². The van der Waals surface area contributed by atoms with Crippen molar-refractivity contribution in [1.82, 2.24) is 15.1 Å². The molecule has 4 aliphatic heterocycles. The molecule has 0 aromatic rings. The summed E-state index contributed by atoms with van der Waals surface area (Å²) in [6.07, 6.45) is 7.04. The number of hydrogen-bond donors (Lipinski definition) is 2. The highest BCUT2D eigenvalue weighted by molar-refractivity contribution is 5.99. The summed E-state index contributed by atoms with van der Waals surface area (Å²) in [5.74, 6) is -3.16. The first-order valence-electron chi connectivity index (χ1n) is 12.7. The Kier molecular flexibility index (Phi) is 7.30. The number of amides is 3. The van der Waals surface area contributed by atoms with Crippen molar-refractivity contribution < 1.29 is 33.8 Å². The van der Waals surface area contributed by atoms with Gasteiger partial charge in [-0.2, -0.15) is 0 Å². The number of likely N-dealkylation sites (tertiary alicyclic amines) is 1. The van der Waals surface area contributed by atoms with Crippen molar-refractivity contribution in [3.8, 4) is 0 Å². The van der Waals surface area contributed by atoms with E-state index in [-0.39, 0.29) is 43.8 Å². The Morgan fingerprint density at radius 1 is 1.17 bits per heavy atom. The molecule has 0 radical (unpaired) electrons. The van der Waals surface area contributed by atoms with Gasteiger partial charge in [-0.15, -0.1) is 0 Å². The zero-order valence-electron chi connectivity index (χ0n) is 21.4. The number of hydrogen-bond acceptors (Lipinski definition) is 7. The Balaban J connectivity index is 1.77. The quantitative estimate of drug-likeness (QED) is 0.425.